The second kappa shape index (κ2) is 9.84. The van der Waals surface area contributed by atoms with Crippen molar-refractivity contribution >= 4 is 11.8 Å². The van der Waals surface area contributed by atoms with Crippen molar-refractivity contribution in [2.45, 2.75) is 108 Å². The maximum absolute atomic E-state index is 5.17. The third kappa shape index (κ3) is 4.76. The van der Waals surface area contributed by atoms with E-state index >= 15 is 0 Å². The second-order valence-corrected chi connectivity index (χ2v) is 10.2. The van der Waals surface area contributed by atoms with Crippen molar-refractivity contribution in [2.75, 3.05) is 36.4 Å². The van der Waals surface area contributed by atoms with Crippen LogP contribution in [0.2, 0.25) is 0 Å². The highest BCUT2D eigenvalue weighted by Crippen LogP contribution is 2.31. The predicted molar refractivity (Wildman–Crippen MR) is 124 cm³/mol. The second-order valence-electron chi connectivity index (χ2n) is 10.2. The van der Waals surface area contributed by atoms with Crippen LogP contribution in [0.4, 0.5) is 11.8 Å². The van der Waals surface area contributed by atoms with E-state index in [2.05, 4.69) is 15.1 Å². The summed E-state index contributed by atoms with van der Waals surface area (Å²) in [5.74, 6) is 2.18. The number of aryl methyl sites for hydroxylation is 1. The molecule has 2 saturated heterocycles. The summed E-state index contributed by atoms with van der Waals surface area (Å²) in [5, 5.41) is 3.80. The van der Waals surface area contributed by atoms with Crippen molar-refractivity contribution in [3.05, 3.63) is 11.3 Å². The number of rotatable bonds is 4. The average Bonchev–Trinajstić information content (AvgIpc) is 3.09. The molecule has 30 heavy (non-hydrogen) atoms. The molecule has 0 radical (unpaired) electrons. The summed E-state index contributed by atoms with van der Waals surface area (Å²) in [4.78, 5) is 15.6. The van der Waals surface area contributed by atoms with Gasteiger partial charge in [0.15, 0.2) is 0 Å². The lowest BCUT2D eigenvalue weighted by Gasteiger charge is -2.40. The molecular formula is C25H41N5. The van der Waals surface area contributed by atoms with Crippen molar-refractivity contribution in [3.8, 4) is 0 Å². The van der Waals surface area contributed by atoms with Crippen molar-refractivity contribution in [3.63, 3.8) is 0 Å². The number of fused-ring (bicyclic) bond motifs is 1. The highest BCUT2D eigenvalue weighted by molar-refractivity contribution is 5.54. The van der Waals surface area contributed by atoms with Gasteiger partial charge in [-0.1, -0.05) is 32.1 Å². The lowest BCUT2D eigenvalue weighted by molar-refractivity contribution is 0.124. The SMILES string of the molecule is C1CCC(N2CCC[C@H](Nc3nc4c(c(N5CCCCCC5)n3)CCCC4)C2)CC1. The van der Waals surface area contributed by atoms with E-state index in [9.17, 15) is 0 Å². The number of aromatic nitrogens is 2. The van der Waals surface area contributed by atoms with E-state index in [4.69, 9.17) is 9.97 Å². The Morgan fingerprint density at radius 2 is 1.47 bits per heavy atom. The molecule has 5 heteroatoms. The van der Waals surface area contributed by atoms with Crippen LogP contribution in [0.1, 0.15) is 94.7 Å². The van der Waals surface area contributed by atoms with Gasteiger partial charge in [0, 0.05) is 37.3 Å². The molecule has 5 rings (SSSR count). The van der Waals surface area contributed by atoms with Crippen molar-refractivity contribution in [2.24, 2.45) is 0 Å². The molecule has 1 saturated carbocycles. The van der Waals surface area contributed by atoms with Gasteiger partial charge in [-0.2, -0.15) is 4.98 Å². The molecule has 1 N–H and O–H groups in total. The van der Waals surface area contributed by atoms with Crippen LogP contribution in [0.3, 0.4) is 0 Å². The number of likely N-dealkylation sites (tertiary alicyclic amines) is 1. The first kappa shape index (κ1) is 20.5. The Hall–Kier alpha value is -1.36. The largest absolute Gasteiger partial charge is 0.356 e. The number of hydrogen-bond acceptors (Lipinski definition) is 5. The van der Waals surface area contributed by atoms with Crippen LogP contribution in [-0.2, 0) is 12.8 Å². The molecule has 2 aliphatic carbocycles. The number of nitrogens with zero attached hydrogens (tertiary/aromatic N) is 4. The van der Waals surface area contributed by atoms with Gasteiger partial charge in [0.05, 0.1) is 5.69 Å². The fraction of sp³-hybridized carbons (Fsp3) is 0.840. The monoisotopic (exact) mass is 411 g/mol. The fourth-order valence-electron chi connectivity index (χ4n) is 6.27. The van der Waals surface area contributed by atoms with Crippen LogP contribution < -0.4 is 10.2 Å². The maximum Gasteiger partial charge on any atom is 0.225 e. The molecular weight excluding hydrogens is 370 g/mol. The molecule has 0 amide bonds. The van der Waals surface area contributed by atoms with E-state index in [0.717, 1.165) is 18.4 Å². The lowest BCUT2D eigenvalue weighted by Crippen LogP contribution is -2.48. The minimum Gasteiger partial charge on any atom is -0.356 e. The van der Waals surface area contributed by atoms with Crippen LogP contribution in [0.25, 0.3) is 0 Å². The summed E-state index contributed by atoms with van der Waals surface area (Å²) in [6.45, 7) is 4.79. The standard InChI is InChI=1S/C25H41N5/c1-2-9-17-29(16-8-1)24-22-14-6-7-15-23(22)27-25(28-24)26-20-11-10-18-30(19-20)21-12-4-3-5-13-21/h20-21H,1-19H2,(H,26,27,28)/t20-/m0/s1. The molecule has 1 aromatic rings. The van der Waals surface area contributed by atoms with E-state index in [1.807, 2.05) is 0 Å². The molecule has 0 unspecified atom stereocenters. The van der Waals surface area contributed by atoms with Gasteiger partial charge in [-0.3, -0.25) is 4.90 Å². The first-order valence-corrected chi connectivity index (χ1v) is 13.0. The average molecular weight is 412 g/mol. The van der Waals surface area contributed by atoms with Gasteiger partial charge in [0.25, 0.3) is 0 Å². The highest BCUT2D eigenvalue weighted by Gasteiger charge is 2.28. The van der Waals surface area contributed by atoms with Crippen LogP contribution in [-0.4, -0.2) is 53.1 Å². The number of nitrogens with one attached hydrogen (secondary N) is 1. The summed E-state index contributed by atoms with van der Waals surface area (Å²) in [5.41, 5.74) is 2.79. The molecule has 3 heterocycles. The number of hydrogen-bond donors (Lipinski definition) is 1. The quantitative estimate of drug-likeness (QED) is 0.760. The van der Waals surface area contributed by atoms with Crippen LogP contribution in [0.5, 0.6) is 0 Å². The highest BCUT2D eigenvalue weighted by atomic mass is 15.3. The number of anilines is 2. The van der Waals surface area contributed by atoms with E-state index in [-0.39, 0.29) is 0 Å². The van der Waals surface area contributed by atoms with Crippen LogP contribution in [0.15, 0.2) is 0 Å². The van der Waals surface area contributed by atoms with Gasteiger partial charge in [0.2, 0.25) is 5.95 Å². The first-order chi connectivity index (χ1) is 14.9. The Morgan fingerprint density at radius 1 is 0.700 bits per heavy atom. The third-order valence-corrected chi connectivity index (χ3v) is 7.94. The summed E-state index contributed by atoms with van der Waals surface area (Å²) in [6.07, 6.45) is 19.9. The van der Waals surface area contributed by atoms with E-state index in [0.29, 0.717) is 6.04 Å². The summed E-state index contributed by atoms with van der Waals surface area (Å²) in [6, 6.07) is 1.32. The Morgan fingerprint density at radius 3 is 2.30 bits per heavy atom. The van der Waals surface area contributed by atoms with Gasteiger partial charge < -0.3 is 10.2 Å². The fourth-order valence-corrected chi connectivity index (χ4v) is 6.27. The maximum atomic E-state index is 5.17. The zero-order valence-corrected chi connectivity index (χ0v) is 18.9. The topological polar surface area (TPSA) is 44.3 Å². The van der Waals surface area contributed by atoms with Gasteiger partial charge >= 0.3 is 0 Å². The third-order valence-electron chi connectivity index (χ3n) is 7.94. The molecule has 0 spiro atoms. The molecule has 1 aromatic heterocycles. The van der Waals surface area contributed by atoms with Gasteiger partial charge in [-0.05, 0) is 70.8 Å². The van der Waals surface area contributed by atoms with Crippen molar-refractivity contribution < 1.29 is 0 Å². The van der Waals surface area contributed by atoms with Crippen LogP contribution in [0, 0.1) is 0 Å². The minimum absolute atomic E-state index is 0.499. The molecule has 166 valence electrons. The Labute approximate surface area is 183 Å². The number of piperidine rings is 1. The van der Waals surface area contributed by atoms with Crippen LogP contribution >= 0.6 is 0 Å². The van der Waals surface area contributed by atoms with Gasteiger partial charge in [-0.15, -0.1) is 0 Å². The molecule has 5 nitrogen and oxygen atoms in total. The zero-order valence-electron chi connectivity index (χ0n) is 18.9. The Kier molecular flexibility index (Phi) is 6.74. The van der Waals surface area contributed by atoms with E-state index in [1.54, 1.807) is 0 Å². The Bertz CT molecular complexity index is 691. The summed E-state index contributed by atoms with van der Waals surface area (Å²) < 4.78 is 0. The molecule has 1 atom stereocenters. The molecule has 0 bridgehead atoms. The zero-order chi connectivity index (χ0) is 20.2. The van der Waals surface area contributed by atoms with E-state index in [1.165, 1.54) is 133 Å². The lowest BCUT2D eigenvalue weighted by atomic mass is 9.92. The predicted octanol–water partition coefficient (Wildman–Crippen LogP) is 4.94. The molecule has 3 fully saturated rings. The normalized spacial score (nSPS) is 26.8. The van der Waals surface area contributed by atoms with Gasteiger partial charge in [0.1, 0.15) is 5.82 Å². The van der Waals surface area contributed by atoms with Crippen molar-refractivity contribution in [1.82, 2.24) is 14.9 Å². The Balaban J connectivity index is 1.33. The van der Waals surface area contributed by atoms with E-state index < -0.39 is 0 Å². The minimum atomic E-state index is 0.499. The van der Waals surface area contributed by atoms with Crippen molar-refractivity contribution in [1.29, 1.82) is 0 Å². The molecule has 0 aromatic carbocycles. The first-order valence-electron chi connectivity index (χ1n) is 13.0. The van der Waals surface area contributed by atoms with Gasteiger partial charge in [-0.25, -0.2) is 4.98 Å². The molecule has 2 aliphatic heterocycles. The summed E-state index contributed by atoms with van der Waals surface area (Å²) >= 11 is 0. The summed E-state index contributed by atoms with van der Waals surface area (Å²) in [7, 11) is 0. The smallest absolute Gasteiger partial charge is 0.225 e. The molecule has 4 aliphatic rings.